The summed E-state index contributed by atoms with van der Waals surface area (Å²) >= 11 is 1.60. The Morgan fingerprint density at radius 2 is 2.44 bits per heavy atom. The number of carbonyl (C=O) groups is 1. The van der Waals surface area contributed by atoms with E-state index in [-0.39, 0.29) is 0 Å². The lowest BCUT2D eigenvalue weighted by Gasteiger charge is -1.99. The summed E-state index contributed by atoms with van der Waals surface area (Å²) in [6.45, 7) is 0. The first-order valence-electron chi connectivity index (χ1n) is 4.65. The van der Waals surface area contributed by atoms with E-state index in [2.05, 4.69) is 5.10 Å². The third kappa shape index (κ3) is 2.04. The van der Waals surface area contributed by atoms with Crippen LogP contribution >= 0.6 is 11.3 Å². The Labute approximate surface area is 96.5 Å². The van der Waals surface area contributed by atoms with Crippen LogP contribution in [0.15, 0.2) is 29.8 Å². The van der Waals surface area contributed by atoms with Gasteiger partial charge in [0.15, 0.2) is 0 Å². The summed E-state index contributed by atoms with van der Waals surface area (Å²) in [6, 6.07) is 3.94. The second kappa shape index (κ2) is 4.32. The molecule has 0 aromatic carbocycles. The van der Waals surface area contributed by atoms with Crippen molar-refractivity contribution in [2.24, 2.45) is 7.05 Å². The zero-order valence-corrected chi connectivity index (χ0v) is 9.44. The van der Waals surface area contributed by atoms with Crippen molar-refractivity contribution in [3.8, 4) is 10.6 Å². The molecule has 0 aliphatic carbocycles. The van der Waals surface area contributed by atoms with Gasteiger partial charge in [0.25, 0.3) is 0 Å². The summed E-state index contributed by atoms with van der Waals surface area (Å²) in [6.07, 6.45) is 4.34. The minimum atomic E-state index is -0.957. The van der Waals surface area contributed by atoms with Gasteiger partial charge in [-0.1, -0.05) is 6.07 Å². The van der Waals surface area contributed by atoms with Gasteiger partial charge in [-0.25, -0.2) is 4.79 Å². The lowest BCUT2D eigenvalue weighted by atomic mass is 10.2. The van der Waals surface area contributed by atoms with E-state index in [9.17, 15) is 4.79 Å². The first-order valence-corrected chi connectivity index (χ1v) is 5.53. The van der Waals surface area contributed by atoms with E-state index in [0.717, 1.165) is 22.2 Å². The van der Waals surface area contributed by atoms with E-state index in [4.69, 9.17) is 5.11 Å². The van der Waals surface area contributed by atoms with Gasteiger partial charge >= 0.3 is 5.97 Å². The lowest BCUT2D eigenvalue weighted by Crippen LogP contribution is -1.92. The number of rotatable bonds is 3. The first kappa shape index (κ1) is 10.6. The summed E-state index contributed by atoms with van der Waals surface area (Å²) in [4.78, 5) is 11.5. The Balaban J connectivity index is 2.45. The van der Waals surface area contributed by atoms with Crippen molar-refractivity contribution < 1.29 is 9.90 Å². The van der Waals surface area contributed by atoms with Crippen LogP contribution in [-0.4, -0.2) is 20.9 Å². The number of aryl methyl sites for hydroxylation is 1. The van der Waals surface area contributed by atoms with Crippen LogP contribution in [0, 0.1) is 0 Å². The van der Waals surface area contributed by atoms with Gasteiger partial charge in [0.1, 0.15) is 0 Å². The zero-order chi connectivity index (χ0) is 11.5. The maximum Gasteiger partial charge on any atom is 0.328 e. The van der Waals surface area contributed by atoms with E-state index in [1.54, 1.807) is 28.3 Å². The van der Waals surface area contributed by atoms with Crippen LogP contribution in [0.3, 0.4) is 0 Å². The van der Waals surface area contributed by atoms with Crippen LogP contribution in [0.2, 0.25) is 0 Å². The molecule has 0 spiro atoms. The molecule has 0 amide bonds. The minimum absolute atomic E-state index is 0.812. The van der Waals surface area contributed by atoms with E-state index in [0.29, 0.717) is 0 Å². The molecule has 5 heteroatoms. The highest BCUT2D eigenvalue weighted by Crippen LogP contribution is 2.28. The number of carboxylic acid groups (broad SMARTS) is 1. The molecule has 2 heterocycles. The Morgan fingerprint density at radius 3 is 3.06 bits per heavy atom. The standard InChI is InChI=1S/C11H10N2O2S/c1-13-11(9-3-2-6-16-9)8(7-12-13)4-5-10(14)15/h2-7H,1H3,(H,14,15). The summed E-state index contributed by atoms with van der Waals surface area (Å²) in [5.74, 6) is -0.957. The van der Waals surface area contributed by atoms with Crippen LogP contribution < -0.4 is 0 Å². The fraction of sp³-hybridized carbons (Fsp3) is 0.0909. The second-order valence-corrected chi connectivity index (χ2v) is 4.17. The molecule has 0 aliphatic heterocycles. The van der Waals surface area contributed by atoms with Crippen molar-refractivity contribution in [1.82, 2.24) is 9.78 Å². The van der Waals surface area contributed by atoms with Crippen LogP contribution in [0.1, 0.15) is 5.56 Å². The largest absolute Gasteiger partial charge is 0.478 e. The van der Waals surface area contributed by atoms with Crippen LogP contribution in [-0.2, 0) is 11.8 Å². The molecule has 82 valence electrons. The van der Waals surface area contributed by atoms with Gasteiger partial charge in [0.05, 0.1) is 16.8 Å². The molecule has 0 bridgehead atoms. The van der Waals surface area contributed by atoms with E-state index >= 15 is 0 Å². The quantitative estimate of drug-likeness (QED) is 0.829. The van der Waals surface area contributed by atoms with Crippen molar-refractivity contribution in [3.05, 3.63) is 35.3 Å². The Bertz CT molecular complexity index is 526. The molecular weight excluding hydrogens is 224 g/mol. The van der Waals surface area contributed by atoms with Gasteiger partial charge in [-0.3, -0.25) is 4.68 Å². The van der Waals surface area contributed by atoms with Gasteiger partial charge in [-0.15, -0.1) is 11.3 Å². The Kier molecular flexibility index (Phi) is 2.87. The normalized spacial score (nSPS) is 11.1. The summed E-state index contributed by atoms with van der Waals surface area (Å²) in [5, 5.41) is 14.7. The van der Waals surface area contributed by atoms with Gasteiger partial charge < -0.3 is 5.11 Å². The van der Waals surface area contributed by atoms with Gasteiger partial charge in [0, 0.05) is 18.7 Å². The highest BCUT2D eigenvalue weighted by atomic mass is 32.1. The molecule has 2 aromatic rings. The molecule has 0 saturated heterocycles. The molecule has 4 nitrogen and oxygen atoms in total. The van der Waals surface area contributed by atoms with Gasteiger partial charge in [0.2, 0.25) is 0 Å². The smallest absolute Gasteiger partial charge is 0.328 e. The molecule has 1 N–H and O–H groups in total. The molecule has 0 saturated carbocycles. The maximum atomic E-state index is 10.5. The van der Waals surface area contributed by atoms with Crippen molar-refractivity contribution in [2.75, 3.05) is 0 Å². The fourth-order valence-corrected chi connectivity index (χ4v) is 2.28. The molecule has 2 aromatic heterocycles. The average Bonchev–Trinajstić information content (AvgIpc) is 2.83. The molecule has 0 radical (unpaired) electrons. The van der Waals surface area contributed by atoms with Crippen molar-refractivity contribution >= 4 is 23.4 Å². The summed E-state index contributed by atoms with van der Waals surface area (Å²) in [5.41, 5.74) is 1.75. The topological polar surface area (TPSA) is 55.1 Å². The Hall–Kier alpha value is -1.88. The second-order valence-electron chi connectivity index (χ2n) is 3.22. The zero-order valence-electron chi connectivity index (χ0n) is 8.62. The molecular formula is C11H10N2O2S. The van der Waals surface area contributed by atoms with Gasteiger partial charge in [-0.05, 0) is 17.5 Å². The monoisotopic (exact) mass is 234 g/mol. The molecule has 0 atom stereocenters. The molecule has 16 heavy (non-hydrogen) atoms. The molecule has 0 unspecified atom stereocenters. The van der Waals surface area contributed by atoms with Gasteiger partial charge in [-0.2, -0.15) is 5.10 Å². The predicted molar refractivity (Wildman–Crippen MR) is 63.2 cm³/mol. The number of nitrogens with zero attached hydrogens (tertiary/aromatic N) is 2. The predicted octanol–water partition coefficient (Wildman–Crippen LogP) is 2.25. The number of aromatic nitrogens is 2. The first-order chi connectivity index (χ1) is 7.68. The van der Waals surface area contributed by atoms with Crippen molar-refractivity contribution in [1.29, 1.82) is 0 Å². The molecule has 0 fully saturated rings. The maximum absolute atomic E-state index is 10.5. The van der Waals surface area contributed by atoms with E-state index in [1.165, 1.54) is 0 Å². The molecule has 2 rings (SSSR count). The number of aliphatic carboxylic acids is 1. The Morgan fingerprint density at radius 1 is 1.62 bits per heavy atom. The summed E-state index contributed by atoms with van der Waals surface area (Å²) < 4.78 is 1.74. The number of carboxylic acids is 1. The van der Waals surface area contributed by atoms with Crippen LogP contribution in [0.25, 0.3) is 16.6 Å². The van der Waals surface area contributed by atoms with Crippen LogP contribution in [0.4, 0.5) is 0 Å². The third-order valence-corrected chi connectivity index (χ3v) is 3.00. The fourth-order valence-electron chi connectivity index (χ4n) is 1.45. The number of hydrogen-bond acceptors (Lipinski definition) is 3. The van der Waals surface area contributed by atoms with Crippen molar-refractivity contribution in [3.63, 3.8) is 0 Å². The molecule has 0 aliphatic rings. The highest BCUT2D eigenvalue weighted by molar-refractivity contribution is 7.13. The van der Waals surface area contributed by atoms with E-state index < -0.39 is 5.97 Å². The van der Waals surface area contributed by atoms with E-state index in [1.807, 2.05) is 24.6 Å². The number of hydrogen-bond donors (Lipinski definition) is 1. The van der Waals surface area contributed by atoms with Crippen molar-refractivity contribution in [2.45, 2.75) is 0 Å². The minimum Gasteiger partial charge on any atom is -0.478 e. The lowest BCUT2D eigenvalue weighted by molar-refractivity contribution is -0.131. The third-order valence-electron chi connectivity index (χ3n) is 2.13. The SMILES string of the molecule is Cn1ncc(C=CC(=O)O)c1-c1cccs1. The summed E-state index contributed by atoms with van der Waals surface area (Å²) in [7, 11) is 1.84. The highest BCUT2D eigenvalue weighted by Gasteiger charge is 2.09. The number of thiophene rings is 1. The average molecular weight is 234 g/mol. The van der Waals surface area contributed by atoms with Crippen LogP contribution in [0.5, 0.6) is 0 Å².